The highest BCUT2D eigenvalue weighted by atomic mass is 35.5. The maximum Gasteiger partial charge on any atom is 0.246 e. The highest BCUT2D eigenvalue weighted by Gasteiger charge is 2.26. The van der Waals surface area contributed by atoms with Crippen LogP contribution in [0.2, 0.25) is 5.02 Å². The molecule has 1 aromatic carbocycles. The van der Waals surface area contributed by atoms with E-state index in [2.05, 4.69) is 33.9 Å². The van der Waals surface area contributed by atoms with Crippen molar-refractivity contribution < 1.29 is 9.59 Å². The van der Waals surface area contributed by atoms with E-state index in [1.165, 1.54) is 0 Å². The van der Waals surface area contributed by atoms with Crippen LogP contribution in [0, 0.1) is 5.92 Å². The Kier molecular flexibility index (Phi) is 8.63. The molecule has 2 aromatic rings. The van der Waals surface area contributed by atoms with Gasteiger partial charge in [-0.3, -0.25) is 9.59 Å². The third-order valence-corrected chi connectivity index (χ3v) is 5.84. The molecule has 9 heteroatoms. The summed E-state index contributed by atoms with van der Waals surface area (Å²) in [6, 6.07) is 7.21. The van der Waals surface area contributed by atoms with Gasteiger partial charge in [0, 0.05) is 37.2 Å². The molecule has 0 saturated carbocycles. The van der Waals surface area contributed by atoms with Crippen molar-refractivity contribution in [3.8, 4) is 0 Å². The molecular formula is C24H33ClN6O2. The fourth-order valence-corrected chi connectivity index (χ4v) is 4.13. The highest BCUT2D eigenvalue weighted by Crippen LogP contribution is 2.22. The third kappa shape index (κ3) is 6.88. The number of carbonyl (C=O) groups is 2. The molecular weight excluding hydrogens is 440 g/mol. The first-order valence-electron chi connectivity index (χ1n) is 11.3. The Hall–Kier alpha value is -2.71. The molecule has 0 aliphatic carbocycles. The predicted molar refractivity (Wildman–Crippen MR) is 130 cm³/mol. The van der Waals surface area contributed by atoms with E-state index in [1.54, 1.807) is 18.2 Å². The molecule has 8 nitrogen and oxygen atoms in total. The van der Waals surface area contributed by atoms with Gasteiger partial charge in [-0.2, -0.15) is 0 Å². The third-order valence-electron chi connectivity index (χ3n) is 5.49. The van der Waals surface area contributed by atoms with Gasteiger partial charge in [0.2, 0.25) is 11.8 Å². The maximum atomic E-state index is 12.8. The van der Waals surface area contributed by atoms with Crippen molar-refractivity contribution >= 4 is 29.5 Å². The van der Waals surface area contributed by atoms with Crippen molar-refractivity contribution in [2.45, 2.75) is 39.3 Å². The molecule has 0 saturated heterocycles. The number of nitrogens with zero attached hydrogens (tertiary/aromatic N) is 5. The van der Waals surface area contributed by atoms with Gasteiger partial charge in [0.1, 0.15) is 5.82 Å². The summed E-state index contributed by atoms with van der Waals surface area (Å²) in [6.45, 7) is 6.25. The van der Waals surface area contributed by atoms with Crippen LogP contribution in [0.1, 0.15) is 43.5 Å². The largest absolute Gasteiger partial charge is 0.345 e. The van der Waals surface area contributed by atoms with Crippen LogP contribution in [-0.4, -0.2) is 70.1 Å². The summed E-state index contributed by atoms with van der Waals surface area (Å²) < 4.78 is 2.06. The van der Waals surface area contributed by atoms with E-state index in [-0.39, 0.29) is 17.9 Å². The average Bonchev–Trinajstić information content (AvgIpc) is 3.02. The fourth-order valence-electron chi connectivity index (χ4n) is 3.93. The molecule has 0 bridgehead atoms. The van der Waals surface area contributed by atoms with E-state index in [0.717, 1.165) is 23.6 Å². The van der Waals surface area contributed by atoms with Gasteiger partial charge >= 0.3 is 0 Å². The van der Waals surface area contributed by atoms with Crippen molar-refractivity contribution in [3.63, 3.8) is 0 Å². The number of halogens is 1. The minimum absolute atomic E-state index is 0.0434. The number of hydrogen-bond acceptors (Lipinski definition) is 5. The minimum atomic E-state index is -0.221. The molecule has 1 aliphatic heterocycles. The summed E-state index contributed by atoms with van der Waals surface area (Å²) in [7, 11) is 3.73. The number of hydrogen-bond donors (Lipinski definition) is 1. The zero-order valence-electron chi connectivity index (χ0n) is 19.8. The molecule has 0 fully saturated rings. The second-order valence-electron chi connectivity index (χ2n) is 9.04. The summed E-state index contributed by atoms with van der Waals surface area (Å²) >= 11 is 6.19. The lowest BCUT2D eigenvalue weighted by Crippen LogP contribution is -2.37. The molecule has 0 spiro atoms. The SMILES string of the molecule is CC(C)CC(NC(=O)CN(C)C)c1nnc2n1CCN(C(=O)/C=C/c1ccccc1Cl)CC2. The summed E-state index contributed by atoms with van der Waals surface area (Å²) in [6.07, 6.45) is 4.69. The second kappa shape index (κ2) is 11.4. The summed E-state index contributed by atoms with van der Waals surface area (Å²) in [4.78, 5) is 28.9. The van der Waals surface area contributed by atoms with Crippen LogP contribution < -0.4 is 5.32 Å². The van der Waals surface area contributed by atoms with Gasteiger partial charge < -0.3 is 19.7 Å². The zero-order chi connectivity index (χ0) is 24.0. The second-order valence-corrected chi connectivity index (χ2v) is 9.45. The van der Waals surface area contributed by atoms with Crippen LogP contribution in [0.25, 0.3) is 6.08 Å². The van der Waals surface area contributed by atoms with Crippen molar-refractivity contribution in [2.75, 3.05) is 33.7 Å². The van der Waals surface area contributed by atoms with E-state index in [1.807, 2.05) is 42.1 Å². The van der Waals surface area contributed by atoms with Gasteiger partial charge in [-0.05, 0) is 44.1 Å². The number of nitrogens with one attached hydrogen (secondary N) is 1. The van der Waals surface area contributed by atoms with Gasteiger partial charge in [-0.15, -0.1) is 10.2 Å². The fraction of sp³-hybridized carbons (Fsp3) is 0.500. The molecule has 33 heavy (non-hydrogen) atoms. The van der Waals surface area contributed by atoms with E-state index in [9.17, 15) is 9.59 Å². The van der Waals surface area contributed by atoms with Crippen LogP contribution >= 0.6 is 11.6 Å². The Bertz CT molecular complexity index is 1000. The number of likely N-dealkylation sites (N-methyl/N-ethyl adjacent to an activating group) is 1. The number of benzene rings is 1. The lowest BCUT2D eigenvalue weighted by atomic mass is 10.0. The van der Waals surface area contributed by atoms with Gasteiger partial charge in [-0.25, -0.2) is 0 Å². The number of carbonyl (C=O) groups excluding carboxylic acids is 2. The standard InChI is InChI=1S/C24H33ClN6O2/c1-17(2)15-20(26-22(32)16-29(3)4)24-28-27-21-11-12-30(13-14-31(21)24)23(33)10-9-18-7-5-6-8-19(18)25/h5-10,17,20H,11-16H2,1-4H3,(H,26,32)/b10-9+. The predicted octanol–water partition coefficient (Wildman–Crippen LogP) is 2.79. The van der Waals surface area contributed by atoms with Crippen LogP contribution in [0.5, 0.6) is 0 Å². The van der Waals surface area contributed by atoms with E-state index >= 15 is 0 Å². The lowest BCUT2D eigenvalue weighted by molar-refractivity contribution is -0.126. The summed E-state index contributed by atoms with van der Waals surface area (Å²) in [5.74, 6) is 1.87. The summed E-state index contributed by atoms with van der Waals surface area (Å²) in [5, 5.41) is 12.6. The minimum Gasteiger partial charge on any atom is -0.345 e. The molecule has 1 atom stereocenters. The average molecular weight is 473 g/mol. The van der Waals surface area contributed by atoms with E-state index in [0.29, 0.717) is 43.5 Å². The van der Waals surface area contributed by atoms with Crippen LogP contribution in [0.15, 0.2) is 30.3 Å². The van der Waals surface area contributed by atoms with Crippen LogP contribution in [0.4, 0.5) is 0 Å². The smallest absolute Gasteiger partial charge is 0.246 e. The molecule has 1 aromatic heterocycles. The topological polar surface area (TPSA) is 83.4 Å². The van der Waals surface area contributed by atoms with Crippen LogP contribution in [0.3, 0.4) is 0 Å². The molecule has 178 valence electrons. The van der Waals surface area contributed by atoms with Crippen molar-refractivity contribution in [3.05, 3.63) is 52.6 Å². The normalized spacial score (nSPS) is 15.1. The zero-order valence-corrected chi connectivity index (χ0v) is 20.5. The van der Waals surface area contributed by atoms with Crippen LogP contribution in [-0.2, 0) is 22.6 Å². The molecule has 0 radical (unpaired) electrons. The van der Waals surface area contributed by atoms with Crippen molar-refractivity contribution in [1.29, 1.82) is 0 Å². The first kappa shape index (κ1) is 24.9. The Morgan fingerprint density at radius 1 is 1.18 bits per heavy atom. The van der Waals surface area contributed by atoms with E-state index in [4.69, 9.17) is 11.6 Å². The molecule has 2 amide bonds. The van der Waals surface area contributed by atoms with Gasteiger partial charge in [0.15, 0.2) is 5.82 Å². The number of aromatic nitrogens is 3. The van der Waals surface area contributed by atoms with E-state index < -0.39 is 0 Å². The Labute approximate surface area is 200 Å². The number of fused-ring (bicyclic) bond motifs is 1. The molecule has 1 unspecified atom stereocenters. The maximum absolute atomic E-state index is 12.8. The number of rotatable bonds is 8. The Balaban J connectivity index is 1.71. The first-order chi connectivity index (χ1) is 15.7. The highest BCUT2D eigenvalue weighted by molar-refractivity contribution is 6.32. The number of amides is 2. The first-order valence-corrected chi connectivity index (χ1v) is 11.7. The molecule has 3 rings (SSSR count). The molecule has 2 heterocycles. The molecule has 1 N–H and O–H groups in total. The van der Waals surface area contributed by atoms with Gasteiger partial charge in [0.05, 0.1) is 12.6 Å². The Morgan fingerprint density at radius 2 is 1.94 bits per heavy atom. The monoisotopic (exact) mass is 472 g/mol. The molecule has 1 aliphatic rings. The quantitative estimate of drug-likeness (QED) is 0.597. The van der Waals surface area contributed by atoms with Gasteiger partial charge in [-0.1, -0.05) is 43.6 Å². The Morgan fingerprint density at radius 3 is 2.64 bits per heavy atom. The van der Waals surface area contributed by atoms with Crippen molar-refractivity contribution in [2.24, 2.45) is 5.92 Å². The summed E-state index contributed by atoms with van der Waals surface area (Å²) in [5.41, 5.74) is 0.812. The van der Waals surface area contributed by atoms with Gasteiger partial charge in [0.25, 0.3) is 0 Å². The van der Waals surface area contributed by atoms with Crippen molar-refractivity contribution in [1.82, 2.24) is 29.9 Å². The lowest BCUT2D eigenvalue weighted by Gasteiger charge is -2.22.